The van der Waals surface area contributed by atoms with Crippen LogP contribution >= 0.6 is 0 Å². The van der Waals surface area contributed by atoms with Gasteiger partial charge < -0.3 is 66.0 Å². The van der Waals surface area contributed by atoms with Crippen LogP contribution in [-0.4, -0.2) is 131 Å². The zero-order chi connectivity index (χ0) is 78.1. The molecule has 111 heavy (non-hydrogen) atoms. The summed E-state index contributed by atoms with van der Waals surface area (Å²) in [7, 11) is -2.55. The number of hydrogen-bond acceptors (Lipinski definition) is 17. The molecule has 19 nitrogen and oxygen atoms in total. The third-order valence-electron chi connectivity index (χ3n) is 28.2. The topological polar surface area (TPSA) is 212 Å². The fraction of sp³-hybridized carbons (Fsp3) is 0.626. The molecule has 4 saturated heterocycles. The van der Waals surface area contributed by atoms with Gasteiger partial charge in [-0.15, -0.1) is 0 Å². The maximum Gasteiger partial charge on any atom is 0.317 e. The van der Waals surface area contributed by atoms with Gasteiger partial charge in [0.2, 0.25) is 6.29 Å². The van der Waals surface area contributed by atoms with Gasteiger partial charge >= 0.3 is 5.97 Å². The van der Waals surface area contributed by atoms with Gasteiger partial charge in [0, 0.05) is 16.7 Å². The van der Waals surface area contributed by atoms with E-state index in [0.29, 0.717) is 37.6 Å². The highest BCUT2D eigenvalue weighted by Gasteiger charge is 2.73. The standard InChI is InChI=1S/C91H121N3O16Si/c1-14-111(15-2,16-3)110-72-51-90(13)65(42-43-70-88(11)46-45-71(95)86(7,8)69(88)44-47-89(70,90)12)66-50-85(5,6)48-49-91(66,72)84(96)107-82-79(76(100-55-63-38-28-20-29-39-63)73(93-94-92)67(104-82)57-97-52-60-32-22-17-23-33-60)106-83-80-77(108-87(9,10)109-80)74(59(4)103-83)105-81-78(101-56-64-40-30-21-31-41-64)75(99-54-62-36-26-19-27-37-62)68(58-102-81)98-53-61-34-24-18-25-35-61/h17-42,59,66-70,72-83H,14-16,43-58H2,1-13H3/t59-,66-,67+,68+,69-,70+,72+,73-,74-,75-,76-,77+,78+,79+,80+,81-,82-,83-,88-,89+,90+,91+/m0/s1. The zero-order valence-corrected chi connectivity index (χ0v) is 68.7. The Hall–Kier alpha value is -6.01. The van der Waals surface area contributed by atoms with Crippen molar-refractivity contribution < 1.29 is 75.6 Å². The van der Waals surface area contributed by atoms with E-state index in [9.17, 15) is 10.3 Å². The van der Waals surface area contributed by atoms with Crippen molar-refractivity contribution in [3.05, 3.63) is 202 Å². The monoisotopic (exact) mass is 1540 g/mol. The lowest BCUT2D eigenvalue weighted by atomic mass is 9.33. The summed E-state index contributed by atoms with van der Waals surface area (Å²) in [6, 6.07) is 51.2. The average Bonchev–Trinajstić information content (AvgIpc) is 0.848. The number of carbonyl (C=O) groups excluding carboxylic acids is 2. The predicted octanol–water partition coefficient (Wildman–Crippen LogP) is 18.3. The van der Waals surface area contributed by atoms with Gasteiger partial charge in [-0.3, -0.25) is 9.59 Å². The van der Waals surface area contributed by atoms with Crippen molar-refractivity contribution in [3.8, 4) is 0 Å². The molecule has 4 heterocycles. The molecular weight excluding hydrogens is 1420 g/mol. The third-order valence-corrected chi connectivity index (χ3v) is 32.9. The van der Waals surface area contributed by atoms with Gasteiger partial charge in [-0.05, 0) is 163 Å². The molecular formula is C91H121N3O16Si. The Morgan fingerprint density at radius 1 is 0.586 bits per heavy atom. The summed E-state index contributed by atoms with van der Waals surface area (Å²) < 4.78 is 101. The van der Waals surface area contributed by atoms with Gasteiger partial charge in [0.25, 0.3) is 0 Å². The molecule has 0 N–H and O–H groups in total. The molecule has 0 bridgehead atoms. The largest absolute Gasteiger partial charge is 0.432 e. The normalized spacial score (nSPS) is 36.7. The quantitative estimate of drug-likeness (QED) is 0.0114. The number of Topliss-reactive ketones (excluding diaryl/α,β-unsaturated/α-hetero) is 1. The van der Waals surface area contributed by atoms with Gasteiger partial charge in [-0.1, -0.05) is 238 Å². The molecule has 0 spiro atoms. The van der Waals surface area contributed by atoms with Gasteiger partial charge in [-0.25, -0.2) is 0 Å². The average molecular weight is 1540 g/mol. The zero-order valence-electron chi connectivity index (χ0n) is 67.7. The molecule has 0 radical (unpaired) electrons. The first kappa shape index (κ1) is 81.6. The first-order valence-corrected chi connectivity index (χ1v) is 43.8. The summed E-state index contributed by atoms with van der Waals surface area (Å²) in [5.74, 6) is -0.983. The van der Waals surface area contributed by atoms with E-state index in [1.54, 1.807) is 0 Å². The maximum absolute atomic E-state index is 17.5. The Morgan fingerprint density at radius 3 is 1.70 bits per heavy atom. The van der Waals surface area contributed by atoms with Gasteiger partial charge in [0.15, 0.2) is 26.7 Å². The van der Waals surface area contributed by atoms with E-state index in [1.807, 2.05) is 172 Å². The molecule has 4 aliphatic heterocycles. The van der Waals surface area contributed by atoms with Gasteiger partial charge in [-0.2, -0.15) is 0 Å². The number of azide groups is 1. The van der Waals surface area contributed by atoms with Gasteiger partial charge in [0.1, 0.15) is 54.6 Å². The van der Waals surface area contributed by atoms with Crippen LogP contribution in [-0.2, 0) is 109 Å². The minimum Gasteiger partial charge on any atom is -0.432 e. The molecule has 5 aromatic rings. The number of nitrogens with zero attached hydrogens (tertiary/aromatic N) is 3. The summed E-state index contributed by atoms with van der Waals surface area (Å²) >= 11 is 0. The highest BCUT2D eigenvalue weighted by Crippen LogP contribution is 2.76. The second kappa shape index (κ2) is 33.7. The number of ether oxygens (including phenoxy) is 13. The Balaban J connectivity index is 0.840. The van der Waals surface area contributed by atoms with Crippen molar-refractivity contribution in [2.75, 3.05) is 13.2 Å². The summed E-state index contributed by atoms with van der Waals surface area (Å²) in [4.78, 5) is 34.9. The SMILES string of the molecule is CC[Si](CC)(CC)O[C@@H]1C[C@]2(C)C(=CC[C@@H]3[C@@]4(C)CCC(=O)C(C)(C)[C@@H]4CC[C@]32C)[C@@H]2CC(C)(C)CC[C@]12C(=O)O[C@@H]1O[C@H](COCc2ccccc2)[C@H](N=[N+]=[N-])[C@H](OCc2ccccc2)[C@H]1O[C@@H]1O[C@@H](C)[C@H](O[C@@H]2OC[C@@H](OCc3ccccc3)[C@H](OCc3ccccc3)[C@H]2OCc2ccccc2)[C@H]2OC(C)(C)O[C@@H]12. The fourth-order valence-corrected chi connectivity index (χ4v) is 24.5. The second-order valence-corrected chi connectivity index (χ2v) is 40.6. The predicted molar refractivity (Wildman–Crippen MR) is 423 cm³/mol. The lowest BCUT2D eigenvalue weighted by Crippen LogP contribution is -2.69. The van der Waals surface area contributed by atoms with E-state index < -0.39 is 123 Å². The highest BCUT2D eigenvalue weighted by molar-refractivity contribution is 6.73. The molecule has 8 fully saturated rings. The van der Waals surface area contributed by atoms with E-state index in [2.05, 4.69) is 85.3 Å². The molecule has 20 heteroatoms. The Bertz CT molecular complexity index is 4010. The van der Waals surface area contributed by atoms with Crippen LogP contribution in [0.4, 0.5) is 0 Å². The van der Waals surface area contributed by atoms with Crippen LogP contribution in [0, 0.1) is 50.2 Å². The molecule has 0 aromatic heterocycles. The van der Waals surface area contributed by atoms with Crippen molar-refractivity contribution >= 4 is 20.1 Å². The first-order chi connectivity index (χ1) is 53.3. The van der Waals surface area contributed by atoms with Crippen LogP contribution in [0.15, 0.2) is 168 Å². The van der Waals surface area contributed by atoms with Crippen molar-refractivity contribution in [1.82, 2.24) is 0 Å². The Kier molecular flexibility index (Phi) is 24.7. The minimum atomic E-state index is -2.55. The molecule has 5 aliphatic carbocycles. The van der Waals surface area contributed by atoms with Crippen molar-refractivity contribution in [2.24, 2.45) is 55.4 Å². The van der Waals surface area contributed by atoms with Crippen molar-refractivity contribution in [2.45, 2.75) is 297 Å². The summed E-state index contributed by atoms with van der Waals surface area (Å²) in [6.07, 6.45) is -4.21. The molecule has 600 valence electrons. The van der Waals surface area contributed by atoms with E-state index in [-0.39, 0.29) is 73.1 Å². The number of rotatable bonds is 28. The van der Waals surface area contributed by atoms with Crippen LogP contribution in [0.1, 0.15) is 176 Å². The van der Waals surface area contributed by atoms with E-state index in [4.69, 9.17) is 66.0 Å². The van der Waals surface area contributed by atoms with Gasteiger partial charge in [0.05, 0.1) is 76.0 Å². The molecule has 22 atom stereocenters. The second-order valence-electron chi connectivity index (χ2n) is 35.9. The Labute approximate surface area is 659 Å². The number of benzene rings is 5. The van der Waals surface area contributed by atoms with E-state index in [1.165, 1.54) is 5.57 Å². The van der Waals surface area contributed by atoms with E-state index >= 15 is 4.79 Å². The Morgan fingerprint density at radius 2 is 1.13 bits per heavy atom. The highest BCUT2D eigenvalue weighted by atomic mass is 28.4. The molecule has 0 amide bonds. The number of carbonyl (C=O) groups is 2. The van der Waals surface area contributed by atoms with Crippen molar-refractivity contribution in [3.63, 3.8) is 0 Å². The fourth-order valence-electron chi connectivity index (χ4n) is 21.6. The van der Waals surface area contributed by atoms with Crippen LogP contribution in [0.2, 0.25) is 18.1 Å². The van der Waals surface area contributed by atoms with Crippen LogP contribution < -0.4 is 0 Å². The number of hydrogen-bond donors (Lipinski definition) is 0. The number of esters is 1. The molecule has 4 saturated carbocycles. The molecule has 0 unspecified atom stereocenters. The number of fused-ring (bicyclic) bond motifs is 8. The minimum absolute atomic E-state index is 0.0512. The number of ketones is 1. The van der Waals surface area contributed by atoms with E-state index in [0.717, 1.165) is 84.5 Å². The summed E-state index contributed by atoms with van der Waals surface area (Å²) in [5.41, 5.74) is 14.4. The number of allylic oxidation sites excluding steroid dienone is 2. The summed E-state index contributed by atoms with van der Waals surface area (Å²) in [5, 5.41) is 4.55. The molecule has 14 rings (SSSR count). The maximum atomic E-state index is 17.5. The lowest BCUT2D eigenvalue weighted by molar-refractivity contribution is -0.365. The first-order valence-electron chi connectivity index (χ1n) is 41.3. The molecule has 9 aliphatic rings. The van der Waals surface area contributed by atoms with Crippen molar-refractivity contribution in [1.29, 1.82) is 0 Å². The molecule has 5 aromatic carbocycles. The third kappa shape index (κ3) is 16.4. The van der Waals surface area contributed by atoms with Crippen LogP contribution in [0.25, 0.3) is 10.4 Å². The smallest absolute Gasteiger partial charge is 0.317 e. The summed E-state index contributed by atoms with van der Waals surface area (Å²) in [6.45, 7) is 30.2. The lowest BCUT2D eigenvalue weighted by Gasteiger charge is -2.71. The van der Waals surface area contributed by atoms with Crippen LogP contribution in [0.3, 0.4) is 0 Å². The van der Waals surface area contributed by atoms with Crippen LogP contribution in [0.5, 0.6) is 0 Å².